The minimum atomic E-state index is -3.61. The second kappa shape index (κ2) is 7.24. The van der Waals surface area contributed by atoms with Crippen molar-refractivity contribution in [2.24, 2.45) is 0 Å². The Balaban J connectivity index is 2.37. The van der Waals surface area contributed by atoms with Gasteiger partial charge in [-0.05, 0) is 30.7 Å². The van der Waals surface area contributed by atoms with Gasteiger partial charge >= 0.3 is 5.97 Å². The highest BCUT2D eigenvalue weighted by atomic mass is 32.2. The third-order valence-corrected chi connectivity index (χ3v) is 5.00. The zero-order chi connectivity index (χ0) is 16.9. The summed E-state index contributed by atoms with van der Waals surface area (Å²) >= 11 is 0. The van der Waals surface area contributed by atoms with E-state index < -0.39 is 21.6 Å². The number of hydrogen-bond acceptors (Lipinski definition) is 4. The molecule has 0 aliphatic rings. The fraction of sp³-hybridized carbons (Fsp3) is 0.167. The van der Waals surface area contributed by atoms with Gasteiger partial charge in [0.15, 0.2) is 9.84 Å². The number of benzene rings is 2. The largest absolute Gasteiger partial charge is 0.466 e. The minimum absolute atomic E-state index is 0.0974. The molecule has 2 rings (SSSR count). The summed E-state index contributed by atoms with van der Waals surface area (Å²) < 4.78 is 29.6. The van der Waals surface area contributed by atoms with Crippen molar-refractivity contribution in [3.63, 3.8) is 0 Å². The van der Waals surface area contributed by atoms with Gasteiger partial charge in [-0.15, -0.1) is 0 Å². The van der Waals surface area contributed by atoms with Gasteiger partial charge in [0.2, 0.25) is 0 Å². The van der Waals surface area contributed by atoms with Crippen LogP contribution in [0.3, 0.4) is 0 Å². The number of carbonyl (C=O) groups is 1. The summed E-state index contributed by atoms with van der Waals surface area (Å²) in [5.74, 6) is -1.05. The van der Waals surface area contributed by atoms with Crippen LogP contribution in [0.2, 0.25) is 0 Å². The number of rotatable bonds is 5. The molecule has 0 saturated heterocycles. The lowest BCUT2D eigenvalue weighted by atomic mass is 10.1. The number of sulfone groups is 1. The molecule has 0 spiro atoms. The molecule has 0 aromatic heterocycles. The van der Waals surface area contributed by atoms with Crippen molar-refractivity contribution in [3.05, 3.63) is 71.3 Å². The van der Waals surface area contributed by atoms with Crippen LogP contribution in [-0.4, -0.2) is 27.2 Å². The van der Waals surface area contributed by atoms with Crippen LogP contribution >= 0.6 is 0 Å². The molecule has 2 aromatic carbocycles. The zero-order valence-electron chi connectivity index (χ0n) is 13.0. The van der Waals surface area contributed by atoms with Gasteiger partial charge in [0.1, 0.15) is 0 Å². The second-order valence-corrected chi connectivity index (χ2v) is 7.13. The Hall–Kier alpha value is -2.40. The van der Waals surface area contributed by atoms with Gasteiger partial charge < -0.3 is 4.74 Å². The van der Waals surface area contributed by atoms with E-state index in [9.17, 15) is 13.2 Å². The lowest BCUT2D eigenvalue weighted by molar-refractivity contribution is -0.135. The van der Waals surface area contributed by atoms with Gasteiger partial charge in [0, 0.05) is 0 Å². The van der Waals surface area contributed by atoms with Gasteiger partial charge in [0.05, 0.1) is 23.3 Å². The highest BCUT2D eigenvalue weighted by molar-refractivity contribution is 7.91. The van der Waals surface area contributed by atoms with Crippen molar-refractivity contribution in [2.75, 3.05) is 12.9 Å². The third kappa shape index (κ3) is 4.53. The average Bonchev–Trinajstić information content (AvgIpc) is 2.56. The fourth-order valence-corrected chi connectivity index (χ4v) is 3.42. The number of hydrogen-bond donors (Lipinski definition) is 0. The molecule has 5 heteroatoms. The SMILES string of the molecule is COC(=O)/C(=C\c1ccc(C)cc1)CS(=O)(=O)c1ccccc1. The molecule has 4 nitrogen and oxygen atoms in total. The Morgan fingerprint density at radius 3 is 2.22 bits per heavy atom. The number of ether oxygens (including phenoxy) is 1. The summed E-state index contributed by atoms with van der Waals surface area (Å²) in [5, 5.41) is 0. The standard InChI is InChI=1S/C18H18O4S/c1-14-8-10-15(11-9-14)12-16(18(19)22-2)13-23(20,21)17-6-4-3-5-7-17/h3-12H,13H2,1-2H3/b16-12-. The van der Waals surface area contributed by atoms with Crippen LogP contribution in [-0.2, 0) is 19.4 Å². The molecule has 0 unspecified atom stereocenters. The van der Waals surface area contributed by atoms with Crippen LogP contribution in [0.4, 0.5) is 0 Å². The molecule has 23 heavy (non-hydrogen) atoms. The summed E-state index contributed by atoms with van der Waals surface area (Å²) in [7, 11) is -2.38. The van der Waals surface area contributed by atoms with E-state index in [0.717, 1.165) is 11.1 Å². The Morgan fingerprint density at radius 2 is 1.65 bits per heavy atom. The lowest BCUT2D eigenvalue weighted by Gasteiger charge is -2.08. The van der Waals surface area contributed by atoms with E-state index in [0.29, 0.717) is 0 Å². The quantitative estimate of drug-likeness (QED) is 0.624. The average molecular weight is 330 g/mol. The van der Waals surface area contributed by atoms with Gasteiger partial charge in [-0.1, -0.05) is 48.0 Å². The molecule has 0 saturated carbocycles. The van der Waals surface area contributed by atoms with Gasteiger partial charge in [-0.3, -0.25) is 0 Å². The first kappa shape index (κ1) is 17.0. The Morgan fingerprint density at radius 1 is 1.04 bits per heavy atom. The summed E-state index contributed by atoms with van der Waals surface area (Å²) in [6.45, 7) is 1.95. The highest BCUT2D eigenvalue weighted by Crippen LogP contribution is 2.17. The van der Waals surface area contributed by atoms with Crippen LogP contribution in [0.25, 0.3) is 6.08 Å². The van der Waals surface area contributed by atoms with Crippen LogP contribution in [0.5, 0.6) is 0 Å². The molecule has 0 N–H and O–H groups in total. The number of methoxy groups -OCH3 is 1. The van der Waals surface area contributed by atoms with Crippen LogP contribution in [0.1, 0.15) is 11.1 Å². The summed E-state index contributed by atoms with van der Waals surface area (Å²) in [5.41, 5.74) is 1.93. The predicted octanol–water partition coefficient (Wildman–Crippen LogP) is 3.03. The topological polar surface area (TPSA) is 60.4 Å². The summed E-state index contributed by atoms with van der Waals surface area (Å²) in [4.78, 5) is 12.1. The van der Waals surface area contributed by atoms with Crippen LogP contribution < -0.4 is 0 Å². The molecule has 0 amide bonds. The van der Waals surface area contributed by atoms with Crippen LogP contribution in [0.15, 0.2) is 65.1 Å². The van der Waals surface area contributed by atoms with E-state index >= 15 is 0 Å². The molecule has 0 radical (unpaired) electrons. The molecule has 0 fully saturated rings. The van der Waals surface area contributed by atoms with E-state index in [2.05, 4.69) is 0 Å². The Kier molecular flexibility index (Phi) is 5.34. The molecule has 0 aliphatic carbocycles. The van der Waals surface area contributed by atoms with Crippen LogP contribution in [0, 0.1) is 6.92 Å². The Labute approximate surface area is 136 Å². The fourth-order valence-electron chi connectivity index (χ4n) is 2.07. The van der Waals surface area contributed by atoms with E-state index in [1.807, 2.05) is 31.2 Å². The lowest BCUT2D eigenvalue weighted by Crippen LogP contribution is -2.16. The first-order chi connectivity index (χ1) is 10.9. The van der Waals surface area contributed by atoms with Gasteiger partial charge in [-0.2, -0.15) is 0 Å². The molecule has 0 aliphatic heterocycles. The smallest absolute Gasteiger partial charge is 0.334 e. The highest BCUT2D eigenvalue weighted by Gasteiger charge is 2.21. The van der Waals surface area contributed by atoms with Gasteiger partial charge in [-0.25, -0.2) is 13.2 Å². The number of esters is 1. The van der Waals surface area contributed by atoms with Crippen molar-refractivity contribution in [1.82, 2.24) is 0 Å². The van der Waals surface area contributed by atoms with Crippen molar-refractivity contribution < 1.29 is 17.9 Å². The summed E-state index contributed by atoms with van der Waals surface area (Å²) in [6, 6.07) is 15.5. The first-order valence-electron chi connectivity index (χ1n) is 7.06. The van der Waals surface area contributed by atoms with Crippen molar-refractivity contribution in [3.8, 4) is 0 Å². The number of aryl methyl sites for hydroxylation is 1. The van der Waals surface area contributed by atoms with Crippen molar-refractivity contribution in [2.45, 2.75) is 11.8 Å². The molecule has 0 bridgehead atoms. The van der Waals surface area contributed by atoms with Gasteiger partial charge in [0.25, 0.3) is 0 Å². The maximum absolute atomic E-state index is 12.5. The molecular formula is C18H18O4S. The molecule has 120 valence electrons. The maximum atomic E-state index is 12.5. The van der Waals surface area contributed by atoms with Crippen molar-refractivity contribution in [1.29, 1.82) is 0 Å². The molecule has 2 aromatic rings. The normalized spacial score (nSPS) is 12.0. The maximum Gasteiger partial charge on any atom is 0.334 e. The summed E-state index contributed by atoms with van der Waals surface area (Å²) in [6.07, 6.45) is 1.55. The molecular weight excluding hydrogens is 312 g/mol. The minimum Gasteiger partial charge on any atom is -0.466 e. The number of carbonyl (C=O) groups excluding carboxylic acids is 1. The molecule has 0 atom stereocenters. The van der Waals surface area contributed by atoms with E-state index in [1.54, 1.807) is 24.3 Å². The van der Waals surface area contributed by atoms with Crippen molar-refractivity contribution >= 4 is 21.9 Å². The monoisotopic (exact) mass is 330 g/mol. The van der Waals surface area contributed by atoms with E-state index in [1.165, 1.54) is 19.2 Å². The van der Waals surface area contributed by atoms with E-state index in [-0.39, 0.29) is 10.5 Å². The van der Waals surface area contributed by atoms with E-state index in [4.69, 9.17) is 4.74 Å². The zero-order valence-corrected chi connectivity index (χ0v) is 13.8. The third-order valence-electron chi connectivity index (χ3n) is 3.31. The first-order valence-corrected chi connectivity index (χ1v) is 8.71. The second-order valence-electron chi connectivity index (χ2n) is 5.14. The predicted molar refractivity (Wildman–Crippen MR) is 89.7 cm³/mol. The molecule has 0 heterocycles. The Bertz CT molecular complexity index is 804.